The predicted molar refractivity (Wildman–Crippen MR) is 187 cm³/mol. The van der Waals surface area contributed by atoms with Crippen molar-refractivity contribution in [1.29, 1.82) is 0 Å². The minimum Gasteiger partial charge on any atom is -0.464 e. The second-order valence-electron chi connectivity index (χ2n) is 14.1. The largest absolute Gasteiger partial charge is 0.464 e. The molecule has 0 spiro atoms. The normalized spacial score (nSPS) is 16.9. The Morgan fingerprint density at radius 2 is 1.69 bits per heavy atom. The van der Waals surface area contributed by atoms with Crippen LogP contribution in [0.15, 0.2) is 24.3 Å². The Hall–Kier alpha value is -4.47. The number of primary amides is 1. The number of hydrogen-bond acceptors (Lipinski definition) is 9. The van der Waals surface area contributed by atoms with Crippen molar-refractivity contribution in [2.24, 2.45) is 17.1 Å². The van der Waals surface area contributed by atoms with E-state index in [4.69, 9.17) is 19.9 Å². The van der Waals surface area contributed by atoms with Crippen molar-refractivity contribution in [3.8, 4) is 0 Å². The van der Waals surface area contributed by atoms with E-state index in [1.54, 1.807) is 38.1 Å². The molecular weight excluding hydrogens is 667 g/mol. The van der Waals surface area contributed by atoms with Gasteiger partial charge in [0.1, 0.15) is 31.5 Å². The van der Waals surface area contributed by atoms with Gasteiger partial charge >= 0.3 is 18.1 Å². The van der Waals surface area contributed by atoms with Crippen molar-refractivity contribution < 1.29 is 47.4 Å². The van der Waals surface area contributed by atoms with E-state index in [-0.39, 0.29) is 69.4 Å². The van der Waals surface area contributed by atoms with Gasteiger partial charge < -0.3 is 41.2 Å². The summed E-state index contributed by atoms with van der Waals surface area (Å²) in [5.74, 6) is -2.25. The van der Waals surface area contributed by atoms with Crippen molar-refractivity contribution in [3.05, 3.63) is 29.8 Å². The quantitative estimate of drug-likeness (QED) is 0.105. The number of halogens is 1. The van der Waals surface area contributed by atoms with Gasteiger partial charge in [0.2, 0.25) is 17.7 Å². The first-order valence-electron chi connectivity index (χ1n) is 17.3. The van der Waals surface area contributed by atoms with Crippen molar-refractivity contribution in [1.82, 2.24) is 20.9 Å². The maximum Gasteiger partial charge on any atom is 0.410 e. The molecule has 4 atom stereocenters. The highest BCUT2D eigenvalue weighted by Gasteiger charge is 2.37. The predicted octanol–water partition coefficient (Wildman–Crippen LogP) is 3.15. The molecule has 286 valence electrons. The van der Waals surface area contributed by atoms with Crippen LogP contribution in [0.2, 0.25) is 0 Å². The number of carbonyl (C=O) groups is 6. The molecule has 16 heteroatoms. The van der Waals surface area contributed by atoms with Crippen LogP contribution >= 0.6 is 0 Å². The number of likely N-dealkylation sites (tertiary alicyclic amines) is 1. The van der Waals surface area contributed by atoms with Gasteiger partial charge in [-0.05, 0) is 48.3 Å². The Kier molecular flexibility index (Phi) is 17.6. The summed E-state index contributed by atoms with van der Waals surface area (Å²) in [5.41, 5.74) is 6.24. The van der Waals surface area contributed by atoms with Gasteiger partial charge in [0, 0.05) is 38.6 Å². The van der Waals surface area contributed by atoms with E-state index >= 15 is 0 Å². The van der Waals surface area contributed by atoms with E-state index in [1.165, 1.54) is 11.8 Å². The van der Waals surface area contributed by atoms with E-state index in [0.29, 0.717) is 24.3 Å². The van der Waals surface area contributed by atoms with Crippen LogP contribution < -0.4 is 27.0 Å². The summed E-state index contributed by atoms with van der Waals surface area (Å²) in [4.78, 5) is 75.5. The molecule has 0 unspecified atom stereocenters. The molecule has 0 saturated carbocycles. The number of esters is 1. The zero-order valence-electron chi connectivity index (χ0n) is 30.6. The van der Waals surface area contributed by atoms with Gasteiger partial charge in [-0.25, -0.2) is 14.0 Å². The standard InChI is InChI=1S/C35H55FN6O9/c1-22(2)30(41-29(44)13-16-49-17-14-35(4,5)6)32(46)40-28(8-7-15-38-33(37)47)31(45)39-26-11-9-24(10-12-26)20-51-34(48)42-19-25(36)18-27(42)21-50-23(3)43/h9-12,22,25,27-28,30H,7-8,13-21H2,1-6H3,(H,39,45)(H,40,46)(H,41,44)(H3,37,38,47)/t25-,27-,28-,30-/m0/s1. The van der Waals surface area contributed by atoms with Crippen molar-refractivity contribution in [2.75, 3.05) is 38.2 Å². The minimum atomic E-state index is -1.25. The summed E-state index contributed by atoms with van der Waals surface area (Å²) >= 11 is 0. The van der Waals surface area contributed by atoms with Gasteiger partial charge in [-0.2, -0.15) is 0 Å². The molecule has 0 aliphatic carbocycles. The first-order valence-corrected chi connectivity index (χ1v) is 17.3. The number of benzene rings is 1. The molecule has 1 aliphatic rings. The van der Waals surface area contributed by atoms with Crippen molar-refractivity contribution >= 4 is 41.5 Å². The van der Waals surface area contributed by atoms with Gasteiger partial charge in [0.25, 0.3) is 0 Å². The van der Waals surface area contributed by atoms with E-state index < -0.39 is 54.2 Å². The lowest BCUT2D eigenvalue weighted by atomic mass is 9.93. The lowest BCUT2D eigenvalue weighted by Gasteiger charge is -2.25. The number of rotatable bonds is 19. The van der Waals surface area contributed by atoms with Crippen LogP contribution in [0, 0.1) is 11.3 Å². The van der Waals surface area contributed by atoms with Crippen LogP contribution in [0.3, 0.4) is 0 Å². The number of nitrogens with zero attached hydrogens (tertiary/aromatic N) is 1. The number of alkyl halides is 1. The molecule has 0 bridgehead atoms. The van der Waals surface area contributed by atoms with Gasteiger partial charge in [-0.15, -0.1) is 0 Å². The van der Waals surface area contributed by atoms with Gasteiger partial charge in [-0.1, -0.05) is 46.8 Å². The molecule has 0 aromatic heterocycles. The molecule has 1 saturated heterocycles. The maximum atomic E-state index is 14.0. The highest BCUT2D eigenvalue weighted by molar-refractivity contribution is 5.98. The third-order valence-corrected chi connectivity index (χ3v) is 8.00. The summed E-state index contributed by atoms with van der Waals surface area (Å²) in [7, 11) is 0. The summed E-state index contributed by atoms with van der Waals surface area (Å²) in [6, 6.07) is 3.16. The number of ether oxygens (including phenoxy) is 3. The monoisotopic (exact) mass is 722 g/mol. The average Bonchev–Trinajstić information content (AvgIpc) is 3.42. The molecule has 1 aromatic carbocycles. The molecule has 1 aliphatic heterocycles. The number of nitrogens with two attached hydrogens (primary N) is 1. The van der Waals surface area contributed by atoms with Crippen LogP contribution in [-0.2, 0) is 40.0 Å². The van der Waals surface area contributed by atoms with Crippen molar-refractivity contribution in [2.45, 2.75) is 105 Å². The average molecular weight is 723 g/mol. The molecule has 1 fully saturated rings. The Balaban J connectivity index is 1.99. The lowest BCUT2D eigenvalue weighted by Crippen LogP contribution is -2.54. The second kappa shape index (κ2) is 21.0. The third kappa shape index (κ3) is 16.9. The van der Waals surface area contributed by atoms with E-state index in [0.717, 1.165) is 6.42 Å². The molecule has 1 heterocycles. The molecule has 2 rings (SSSR count). The number of amides is 6. The molecule has 0 radical (unpaired) electrons. The third-order valence-electron chi connectivity index (χ3n) is 8.00. The fraction of sp³-hybridized carbons (Fsp3) is 0.657. The van der Waals surface area contributed by atoms with Crippen molar-refractivity contribution in [3.63, 3.8) is 0 Å². The molecular formula is C35H55FN6O9. The number of nitrogens with one attached hydrogen (secondary N) is 4. The summed E-state index contributed by atoms with van der Waals surface area (Å²) in [6.45, 7) is 11.6. The molecule has 51 heavy (non-hydrogen) atoms. The van der Waals surface area contributed by atoms with E-state index in [2.05, 4.69) is 42.0 Å². The van der Waals surface area contributed by atoms with Gasteiger partial charge in [0.15, 0.2) is 0 Å². The Morgan fingerprint density at radius 3 is 2.29 bits per heavy atom. The first-order chi connectivity index (χ1) is 23.9. The Morgan fingerprint density at radius 1 is 1.00 bits per heavy atom. The molecule has 6 amide bonds. The number of carbonyl (C=O) groups excluding carboxylic acids is 6. The highest BCUT2D eigenvalue weighted by atomic mass is 19.1. The fourth-order valence-corrected chi connectivity index (χ4v) is 5.07. The topological polar surface area (TPSA) is 207 Å². The summed E-state index contributed by atoms with van der Waals surface area (Å²) in [6.07, 6.45) is -0.565. The molecule has 6 N–H and O–H groups in total. The smallest absolute Gasteiger partial charge is 0.410 e. The first kappa shape index (κ1) is 42.7. The SMILES string of the molecule is CC(=O)OC[C@@H]1C[C@H](F)CN1C(=O)OCc1ccc(NC(=O)[C@H](CCCNC(N)=O)NC(=O)[C@@H](NC(=O)CCOCCC(C)(C)C)C(C)C)cc1. The highest BCUT2D eigenvalue weighted by Crippen LogP contribution is 2.23. The van der Waals surface area contributed by atoms with Gasteiger partial charge in [-0.3, -0.25) is 24.1 Å². The zero-order valence-corrected chi connectivity index (χ0v) is 30.6. The van der Waals surface area contributed by atoms with E-state index in [1.807, 2.05) is 0 Å². The van der Waals surface area contributed by atoms with Crippen LogP contribution in [0.25, 0.3) is 0 Å². The van der Waals surface area contributed by atoms with Crippen LogP contribution in [0.5, 0.6) is 0 Å². The van der Waals surface area contributed by atoms with Crippen LogP contribution in [0.4, 0.5) is 19.7 Å². The van der Waals surface area contributed by atoms with Crippen LogP contribution in [0.1, 0.15) is 79.2 Å². The minimum absolute atomic E-state index is 0.0418. The summed E-state index contributed by atoms with van der Waals surface area (Å²) in [5, 5.41) is 10.7. The second-order valence-corrected chi connectivity index (χ2v) is 14.1. The zero-order chi connectivity index (χ0) is 38.1. The van der Waals surface area contributed by atoms with E-state index in [9.17, 15) is 33.2 Å². The number of hydrogen-bond donors (Lipinski definition) is 5. The van der Waals surface area contributed by atoms with Crippen LogP contribution in [-0.4, -0.2) is 97.9 Å². The van der Waals surface area contributed by atoms with Gasteiger partial charge in [0.05, 0.1) is 19.2 Å². The maximum absolute atomic E-state index is 14.0. The molecule has 1 aromatic rings. The lowest BCUT2D eigenvalue weighted by molar-refractivity contribution is -0.142. The molecule has 15 nitrogen and oxygen atoms in total. The Bertz CT molecular complexity index is 1320. The Labute approximate surface area is 299 Å². The number of anilines is 1. The number of urea groups is 1. The summed E-state index contributed by atoms with van der Waals surface area (Å²) < 4.78 is 29.9. The fourth-order valence-electron chi connectivity index (χ4n) is 5.07.